The van der Waals surface area contributed by atoms with Gasteiger partial charge >= 0.3 is 6.18 Å². The minimum absolute atomic E-state index is 0.0893. The first-order valence-corrected chi connectivity index (χ1v) is 7.44. The summed E-state index contributed by atoms with van der Waals surface area (Å²) in [6.45, 7) is 0. The molecule has 122 valence electrons. The Kier molecular flexibility index (Phi) is 5.66. The van der Waals surface area contributed by atoms with E-state index in [1.807, 2.05) is 30.3 Å². The van der Waals surface area contributed by atoms with Crippen molar-refractivity contribution < 1.29 is 18.0 Å². The number of halogens is 4. The molecule has 0 aromatic heterocycles. The van der Waals surface area contributed by atoms with Gasteiger partial charge in [0, 0.05) is 12.1 Å². The molecule has 2 aromatic rings. The molecule has 0 heterocycles. The highest BCUT2D eigenvalue weighted by atomic mass is 35.5. The highest BCUT2D eigenvalue weighted by molar-refractivity contribution is 6.31. The number of alkyl halides is 3. The van der Waals surface area contributed by atoms with Crippen molar-refractivity contribution >= 4 is 23.2 Å². The van der Waals surface area contributed by atoms with Crippen LogP contribution in [-0.4, -0.2) is 5.91 Å². The maximum absolute atomic E-state index is 12.8. The van der Waals surface area contributed by atoms with E-state index in [-0.39, 0.29) is 23.0 Å². The van der Waals surface area contributed by atoms with Crippen molar-refractivity contribution in [2.24, 2.45) is 0 Å². The number of amides is 1. The van der Waals surface area contributed by atoms with Crippen LogP contribution in [0, 0.1) is 0 Å². The molecule has 0 atom stereocenters. The number of aryl methyl sites for hydroxylation is 1. The monoisotopic (exact) mass is 341 g/mol. The van der Waals surface area contributed by atoms with Crippen molar-refractivity contribution in [2.45, 2.75) is 25.4 Å². The van der Waals surface area contributed by atoms with Crippen LogP contribution in [0.2, 0.25) is 5.02 Å². The van der Waals surface area contributed by atoms with E-state index < -0.39 is 11.7 Å². The summed E-state index contributed by atoms with van der Waals surface area (Å²) in [5, 5.41) is 2.08. The van der Waals surface area contributed by atoms with E-state index in [4.69, 9.17) is 11.6 Å². The largest absolute Gasteiger partial charge is 0.417 e. The summed E-state index contributed by atoms with van der Waals surface area (Å²) in [6.07, 6.45) is -2.96. The number of benzene rings is 2. The number of rotatable bonds is 5. The van der Waals surface area contributed by atoms with Gasteiger partial charge in [-0.25, -0.2) is 0 Å². The lowest BCUT2D eigenvalue weighted by atomic mass is 10.1. The number of anilines is 1. The van der Waals surface area contributed by atoms with E-state index in [9.17, 15) is 18.0 Å². The Morgan fingerprint density at radius 1 is 1.09 bits per heavy atom. The molecule has 1 amide bonds. The Balaban J connectivity index is 1.90. The third kappa shape index (κ3) is 5.28. The lowest BCUT2D eigenvalue weighted by Gasteiger charge is -2.11. The van der Waals surface area contributed by atoms with Gasteiger partial charge in [-0.3, -0.25) is 4.79 Å². The lowest BCUT2D eigenvalue weighted by Crippen LogP contribution is -2.13. The summed E-state index contributed by atoms with van der Waals surface area (Å²) in [5.41, 5.74) is 0.249. The quantitative estimate of drug-likeness (QED) is 0.783. The van der Waals surface area contributed by atoms with E-state index in [0.717, 1.165) is 24.1 Å². The maximum atomic E-state index is 12.8. The number of hydrogen-bond acceptors (Lipinski definition) is 1. The van der Waals surface area contributed by atoms with Crippen LogP contribution in [0.4, 0.5) is 18.9 Å². The molecule has 0 bridgehead atoms. The second kappa shape index (κ2) is 7.51. The minimum Gasteiger partial charge on any atom is -0.326 e. The Hall–Kier alpha value is -2.01. The third-order valence-corrected chi connectivity index (χ3v) is 3.60. The highest BCUT2D eigenvalue weighted by Gasteiger charge is 2.33. The van der Waals surface area contributed by atoms with Crippen LogP contribution >= 0.6 is 11.6 Å². The molecule has 0 spiro atoms. The first-order chi connectivity index (χ1) is 10.9. The fraction of sp³-hybridized carbons (Fsp3) is 0.235. The summed E-state index contributed by atoms with van der Waals surface area (Å²) in [5.74, 6) is -0.323. The molecule has 6 heteroatoms. The zero-order chi connectivity index (χ0) is 16.9. The van der Waals surface area contributed by atoms with E-state index in [2.05, 4.69) is 5.32 Å². The molecule has 0 aliphatic carbocycles. The van der Waals surface area contributed by atoms with Crippen molar-refractivity contribution in [3.05, 3.63) is 64.7 Å². The molecule has 0 aliphatic heterocycles. The molecule has 0 unspecified atom stereocenters. The average Bonchev–Trinajstić information content (AvgIpc) is 2.49. The number of carbonyl (C=O) groups is 1. The first-order valence-electron chi connectivity index (χ1n) is 7.07. The van der Waals surface area contributed by atoms with Gasteiger partial charge in [0.2, 0.25) is 5.91 Å². The molecule has 2 aromatic carbocycles. The topological polar surface area (TPSA) is 29.1 Å². The number of hydrogen-bond donors (Lipinski definition) is 1. The summed E-state index contributed by atoms with van der Waals surface area (Å²) in [7, 11) is 0. The molecule has 1 N–H and O–H groups in total. The standard InChI is InChI=1S/C17H15ClF3NO/c18-15-10-9-13(11-14(15)17(19,20)21)22-16(23)8-4-7-12-5-2-1-3-6-12/h1-3,5-6,9-11H,4,7-8H2,(H,22,23). The van der Waals surface area contributed by atoms with Gasteiger partial charge in [-0.15, -0.1) is 0 Å². The molecule has 2 rings (SSSR count). The van der Waals surface area contributed by atoms with Crippen LogP contribution < -0.4 is 5.32 Å². The second-order valence-electron chi connectivity index (χ2n) is 5.08. The normalized spacial score (nSPS) is 11.3. The smallest absolute Gasteiger partial charge is 0.326 e. The average molecular weight is 342 g/mol. The fourth-order valence-corrected chi connectivity index (χ4v) is 2.37. The second-order valence-corrected chi connectivity index (χ2v) is 5.49. The van der Waals surface area contributed by atoms with Gasteiger partial charge in [0.25, 0.3) is 0 Å². The van der Waals surface area contributed by atoms with Gasteiger partial charge in [0.05, 0.1) is 10.6 Å². The Bertz CT molecular complexity index is 671. The van der Waals surface area contributed by atoms with E-state index in [1.165, 1.54) is 6.07 Å². The van der Waals surface area contributed by atoms with Crippen molar-refractivity contribution in [3.8, 4) is 0 Å². The molecular weight excluding hydrogens is 327 g/mol. The van der Waals surface area contributed by atoms with E-state index in [0.29, 0.717) is 6.42 Å². The molecule has 23 heavy (non-hydrogen) atoms. The predicted octanol–water partition coefficient (Wildman–Crippen LogP) is 5.32. The van der Waals surface area contributed by atoms with Gasteiger partial charge in [0.1, 0.15) is 0 Å². The van der Waals surface area contributed by atoms with Crippen molar-refractivity contribution in [3.63, 3.8) is 0 Å². The summed E-state index contributed by atoms with van der Waals surface area (Å²) in [6, 6.07) is 13.0. The highest BCUT2D eigenvalue weighted by Crippen LogP contribution is 2.36. The van der Waals surface area contributed by atoms with Gasteiger partial charge in [0.15, 0.2) is 0 Å². The van der Waals surface area contributed by atoms with Crippen LogP contribution in [0.5, 0.6) is 0 Å². The van der Waals surface area contributed by atoms with Gasteiger partial charge in [-0.2, -0.15) is 13.2 Å². The van der Waals surface area contributed by atoms with Crippen LogP contribution in [0.1, 0.15) is 24.0 Å². The van der Waals surface area contributed by atoms with Crippen molar-refractivity contribution in [2.75, 3.05) is 5.32 Å². The molecule has 0 radical (unpaired) electrons. The first kappa shape index (κ1) is 17.3. The summed E-state index contributed by atoms with van der Waals surface area (Å²) < 4.78 is 38.3. The van der Waals surface area contributed by atoms with Crippen LogP contribution in [0.3, 0.4) is 0 Å². The molecule has 0 fully saturated rings. The molecule has 0 saturated carbocycles. The van der Waals surface area contributed by atoms with Gasteiger partial charge < -0.3 is 5.32 Å². The molecule has 0 saturated heterocycles. The number of nitrogens with one attached hydrogen (secondary N) is 1. The van der Waals surface area contributed by atoms with Crippen molar-refractivity contribution in [1.82, 2.24) is 0 Å². The van der Waals surface area contributed by atoms with Gasteiger partial charge in [-0.05, 0) is 36.6 Å². The maximum Gasteiger partial charge on any atom is 0.417 e. The Labute approximate surface area is 137 Å². The van der Waals surface area contributed by atoms with Crippen molar-refractivity contribution in [1.29, 1.82) is 0 Å². The Morgan fingerprint density at radius 2 is 1.78 bits per heavy atom. The SMILES string of the molecule is O=C(CCCc1ccccc1)Nc1ccc(Cl)c(C(F)(F)F)c1. The lowest BCUT2D eigenvalue weighted by molar-refractivity contribution is -0.137. The summed E-state index contributed by atoms with van der Waals surface area (Å²) >= 11 is 5.54. The molecule has 0 aliphatic rings. The van der Waals surface area contributed by atoms with E-state index in [1.54, 1.807) is 0 Å². The minimum atomic E-state index is -4.55. The van der Waals surface area contributed by atoms with Crippen LogP contribution in [0.25, 0.3) is 0 Å². The predicted molar refractivity (Wildman–Crippen MR) is 84.5 cm³/mol. The molecule has 2 nitrogen and oxygen atoms in total. The zero-order valence-corrected chi connectivity index (χ0v) is 12.9. The zero-order valence-electron chi connectivity index (χ0n) is 12.2. The third-order valence-electron chi connectivity index (χ3n) is 3.27. The van der Waals surface area contributed by atoms with E-state index >= 15 is 0 Å². The fourth-order valence-electron chi connectivity index (χ4n) is 2.14. The number of carbonyl (C=O) groups excluding carboxylic acids is 1. The Morgan fingerprint density at radius 3 is 2.43 bits per heavy atom. The van der Waals surface area contributed by atoms with Crippen LogP contribution in [-0.2, 0) is 17.4 Å². The van der Waals surface area contributed by atoms with Crippen LogP contribution in [0.15, 0.2) is 48.5 Å². The summed E-state index contributed by atoms with van der Waals surface area (Å²) in [4.78, 5) is 11.8. The molecular formula is C17H15ClF3NO. The van der Waals surface area contributed by atoms with Gasteiger partial charge in [-0.1, -0.05) is 41.9 Å².